The highest BCUT2D eigenvalue weighted by Gasteiger charge is 2.43. The van der Waals surface area contributed by atoms with Gasteiger partial charge in [0.2, 0.25) is 0 Å². The van der Waals surface area contributed by atoms with Crippen molar-refractivity contribution in [3.05, 3.63) is 11.9 Å². The number of carbonyl (C=O) groups is 1. The summed E-state index contributed by atoms with van der Waals surface area (Å²) in [7, 11) is 0. The first-order valence-corrected chi connectivity index (χ1v) is 5.23. The first kappa shape index (κ1) is 11.0. The summed E-state index contributed by atoms with van der Waals surface area (Å²) in [5.41, 5.74) is 5.19. The highest BCUT2D eigenvalue weighted by molar-refractivity contribution is 5.92. The first-order chi connectivity index (χ1) is 7.69. The second-order valence-corrected chi connectivity index (χ2v) is 4.05. The van der Waals surface area contributed by atoms with E-state index in [1.165, 1.54) is 4.68 Å². The molecular weight excluding hydrogens is 210 g/mol. The molecule has 1 amide bonds. The highest BCUT2D eigenvalue weighted by Crippen LogP contribution is 2.34. The maximum Gasteiger partial charge on any atom is 0.273 e. The van der Waals surface area contributed by atoms with Gasteiger partial charge in [-0.3, -0.25) is 9.48 Å². The van der Waals surface area contributed by atoms with Crippen LogP contribution in [0, 0.1) is 0 Å². The van der Waals surface area contributed by atoms with Crippen molar-refractivity contribution in [1.29, 1.82) is 0 Å². The second-order valence-electron chi connectivity index (χ2n) is 4.05. The Balaban J connectivity index is 1.98. The van der Waals surface area contributed by atoms with Gasteiger partial charge < -0.3 is 16.2 Å². The fourth-order valence-electron chi connectivity index (χ4n) is 1.42. The Labute approximate surface area is 92.6 Å². The van der Waals surface area contributed by atoms with Crippen LogP contribution in [-0.4, -0.2) is 44.7 Å². The Hall–Kier alpha value is -1.47. The Bertz CT molecular complexity index is 385. The van der Waals surface area contributed by atoms with Crippen molar-refractivity contribution in [2.75, 3.05) is 13.2 Å². The zero-order chi connectivity index (χ0) is 11.6. The predicted octanol–water partition coefficient (Wildman–Crippen LogP) is -1.51. The maximum atomic E-state index is 11.7. The van der Waals surface area contributed by atoms with Gasteiger partial charge in [-0.1, -0.05) is 5.21 Å². The molecule has 4 N–H and O–H groups in total. The van der Waals surface area contributed by atoms with Gasteiger partial charge in [-0.05, 0) is 12.8 Å². The normalized spacial score (nSPS) is 17.1. The molecule has 7 nitrogen and oxygen atoms in total. The lowest BCUT2D eigenvalue weighted by Crippen LogP contribution is -2.39. The standard InChI is InChI=1S/C9H15N5O2/c10-3-4-14-5-7(12-13-14)8(16)11-9(6-15)1-2-9/h5,15H,1-4,6,10H2,(H,11,16). The molecule has 0 radical (unpaired) electrons. The Morgan fingerprint density at radius 1 is 1.69 bits per heavy atom. The van der Waals surface area contributed by atoms with E-state index in [-0.39, 0.29) is 18.2 Å². The molecule has 0 spiro atoms. The first-order valence-electron chi connectivity index (χ1n) is 5.23. The largest absolute Gasteiger partial charge is 0.394 e. The molecule has 16 heavy (non-hydrogen) atoms. The third kappa shape index (κ3) is 2.20. The van der Waals surface area contributed by atoms with E-state index in [0.717, 1.165) is 12.8 Å². The van der Waals surface area contributed by atoms with Gasteiger partial charge in [-0.2, -0.15) is 0 Å². The molecule has 0 saturated heterocycles. The van der Waals surface area contributed by atoms with Crippen LogP contribution >= 0.6 is 0 Å². The fourth-order valence-corrected chi connectivity index (χ4v) is 1.42. The third-order valence-electron chi connectivity index (χ3n) is 2.66. The lowest BCUT2D eigenvalue weighted by atomic mass is 10.3. The highest BCUT2D eigenvalue weighted by atomic mass is 16.3. The summed E-state index contributed by atoms with van der Waals surface area (Å²) in [5, 5.41) is 19.3. The number of aliphatic hydroxyl groups is 1. The van der Waals surface area contributed by atoms with E-state index >= 15 is 0 Å². The lowest BCUT2D eigenvalue weighted by Gasteiger charge is -2.12. The second kappa shape index (κ2) is 4.18. The van der Waals surface area contributed by atoms with Gasteiger partial charge in [0.1, 0.15) is 0 Å². The topological polar surface area (TPSA) is 106 Å². The summed E-state index contributed by atoms with van der Waals surface area (Å²) in [5.74, 6) is -0.296. The number of aromatic nitrogens is 3. The predicted molar refractivity (Wildman–Crippen MR) is 55.6 cm³/mol. The molecule has 1 saturated carbocycles. The number of aliphatic hydroxyl groups excluding tert-OH is 1. The van der Waals surface area contributed by atoms with E-state index in [2.05, 4.69) is 15.6 Å². The quantitative estimate of drug-likeness (QED) is 0.565. The molecule has 1 heterocycles. The van der Waals surface area contributed by atoms with Gasteiger partial charge >= 0.3 is 0 Å². The molecule has 0 bridgehead atoms. The zero-order valence-corrected chi connectivity index (χ0v) is 8.89. The zero-order valence-electron chi connectivity index (χ0n) is 8.89. The number of nitrogens with one attached hydrogen (secondary N) is 1. The molecule has 0 atom stereocenters. The minimum Gasteiger partial charge on any atom is -0.394 e. The molecule has 0 aliphatic heterocycles. The molecule has 2 rings (SSSR count). The molecule has 1 aromatic heterocycles. The average molecular weight is 225 g/mol. The van der Waals surface area contributed by atoms with Crippen LogP contribution in [0.4, 0.5) is 0 Å². The number of nitrogens with zero attached hydrogens (tertiary/aromatic N) is 3. The van der Waals surface area contributed by atoms with Crippen LogP contribution in [0.3, 0.4) is 0 Å². The number of hydrogen-bond donors (Lipinski definition) is 3. The van der Waals surface area contributed by atoms with Crippen molar-refractivity contribution in [2.24, 2.45) is 5.73 Å². The van der Waals surface area contributed by atoms with Crippen LogP contribution in [0.1, 0.15) is 23.3 Å². The smallest absolute Gasteiger partial charge is 0.273 e. The monoisotopic (exact) mass is 225 g/mol. The molecule has 0 aromatic carbocycles. The van der Waals surface area contributed by atoms with Gasteiger partial charge in [0.05, 0.1) is 24.9 Å². The number of carbonyl (C=O) groups excluding carboxylic acids is 1. The number of hydrogen-bond acceptors (Lipinski definition) is 5. The van der Waals surface area contributed by atoms with Crippen LogP contribution < -0.4 is 11.1 Å². The van der Waals surface area contributed by atoms with E-state index in [1.807, 2.05) is 0 Å². The third-order valence-corrected chi connectivity index (χ3v) is 2.66. The van der Waals surface area contributed by atoms with Gasteiger partial charge in [0.25, 0.3) is 5.91 Å². The summed E-state index contributed by atoms with van der Waals surface area (Å²) < 4.78 is 1.52. The van der Waals surface area contributed by atoms with Crippen LogP contribution in [0.15, 0.2) is 6.20 Å². The van der Waals surface area contributed by atoms with Gasteiger partial charge in [0, 0.05) is 6.54 Å². The van der Waals surface area contributed by atoms with Crippen molar-refractivity contribution in [1.82, 2.24) is 20.3 Å². The molecule has 88 valence electrons. The van der Waals surface area contributed by atoms with E-state index < -0.39 is 5.54 Å². The molecule has 1 aliphatic carbocycles. The van der Waals surface area contributed by atoms with Crippen molar-refractivity contribution in [3.8, 4) is 0 Å². The molecule has 1 aliphatic rings. The van der Waals surface area contributed by atoms with Gasteiger partial charge in [-0.25, -0.2) is 0 Å². The van der Waals surface area contributed by atoms with Crippen LogP contribution in [0.2, 0.25) is 0 Å². The fraction of sp³-hybridized carbons (Fsp3) is 0.667. The summed E-state index contributed by atoms with van der Waals surface area (Å²) in [6, 6.07) is 0. The number of amides is 1. The Kier molecular flexibility index (Phi) is 2.88. The van der Waals surface area contributed by atoms with Gasteiger partial charge in [-0.15, -0.1) is 5.10 Å². The SMILES string of the molecule is NCCn1cc(C(=O)NC2(CO)CC2)nn1. The summed E-state index contributed by atoms with van der Waals surface area (Å²) >= 11 is 0. The van der Waals surface area contributed by atoms with Crippen molar-refractivity contribution in [2.45, 2.75) is 24.9 Å². The average Bonchev–Trinajstić information content (AvgIpc) is 2.88. The van der Waals surface area contributed by atoms with E-state index in [9.17, 15) is 4.79 Å². The number of nitrogens with two attached hydrogens (primary N) is 1. The Morgan fingerprint density at radius 2 is 2.44 bits per heavy atom. The van der Waals surface area contributed by atoms with Crippen LogP contribution in [0.25, 0.3) is 0 Å². The van der Waals surface area contributed by atoms with Gasteiger partial charge in [0.15, 0.2) is 5.69 Å². The maximum absolute atomic E-state index is 11.7. The van der Waals surface area contributed by atoms with Crippen molar-refractivity contribution in [3.63, 3.8) is 0 Å². The molecular formula is C9H15N5O2. The van der Waals surface area contributed by atoms with Crippen LogP contribution in [0.5, 0.6) is 0 Å². The molecule has 1 fully saturated rings. The van der Waals surface area contributed by atoms with Crippen molar-refractivity contribution >= 4 is 5.91 Å². The minimum absolute atomic E-state index is 0.0321. The molecule has 1 aromatic rings. The van der Waals surface area contributed by atoms with E-state index in [0.29, 0.717) is 13.1 Å². The Morgan fingerprint density at radius 3 is 3.00 bits per heavy atom. The minimum atomic E-state index is -0.422. The molecule has 7 heteroatoms. The summed E-state index contributed by atoms with van der Waals surface area (Å²) in [6.07, 6.45) is 3.17. The van der Waals surface area contributed by atoms with E-state index in [4.69, 9.17) is 10.8 Å². The van der Waals surface area contributed by atoms with E-state index in [1.54, 1.807) is 6.20 Å². The van der Waals surface area contributed by atoms with Crippen molar-refractivity contribution < 1.29 is 9.90 Å². The molecule has 0 unspecified atom stereocenters. The lowest BCUT2D eigenvalue weighted by molar-refractivity contribution is 0.0901. The summed E-state index contributed by atoms with van der Waals surface area (Å²) in [4.78, 5) is 11.7. The number of rotatable bonds is 5. The summed E-state index contributed by atoms with van der Waals surface area (Å²) in [6.45, 7) is 0.950. The van der Waals surface area contributed by atoms with Crippen LogP contribution in [-0.2, 0) is 6.54 Å².